The van der Waals surface area contributed by atoms with Gasteiger partial charge in [-0.25, -0.2) is 0 Å². The highest BCUT2D eigenvalue weighted by atomic mass is 32.2. The van der Waals surface area contributed by atoms with Crippen LogP contribution in [0.1, 0.15) is 18.4 Å². The standard InChI is InChI=1S/C12H18NO4S/c1-18-9-10-6-11(13(15)16)8-12(7-10)17-5-3-2-4-14/h6-8,13-14H,2-5,9H2,1H3/q-1. The predicted octanol–water partition coefficient (Wildman–Crippen LogP) is 1.21. The van der Waals surface area contributed by atoms with Crippen LogP contribution in [-0.4, -0.2) is 24.6 Å². The van der Waals surface area contributed by atoms with E-state index in [2.05, 4.69) is 0 Å². The first-order valence-corrected chi connectivity index (χ1v) is 7.14. The third-order valence-electron chi connectivity index (χ3n) is 2.33. The zero-order chi connectivity index (χ0) is 13.4. The number of benzene rings is 1. The summed E-state index contributed by atoms with van der Waals surface area (Å²) in [6, 6.07) is 4.91. The van der Waals surface area contributed by atoms with Gasteiger partial charge in [-0.05, 0) is 30.7 Å². The smallest absolute Gasteiger partial charge is 0.135 e. The zero-order valence-corrected chi connectivity index (χ0v) is 11.2. The van der Waals surface area contributed by atoms with Crippen LogP contribution >= 0.6 is 11.8 Å². The van der Waals surface area contributed by atoms with Crippen LogP contribution in [0.25, 0.3) is 0 Å². The van der Waals surface area contributed by atoms with Crippen LogP contribution in [0.4, 0.5) is 5.69 Å². The minimum atomic E-state index is -1.20. The number of unbranched alkanes of at least 4 members (excludes halogenated alkanes) is 1. The minimum Gasteiger partial charge on any atom is -0.628 e. The molecule has 0 spiro atoms. The maximum Gasteiger partial charge on any atom is 0.135 e. The fourth-order valence-electron chi connectivity index (χ4n) is 1.52. The fourth-order valence-corrected chi connectivity index (χ4v) is 2.02. The van der Waals surface area contributed by atoms with Gasteiger partial charge < -0.3 is 25.5 Å². The number of ether oxygens (including phenoxy) is 1. The molecule has 1 aromatic carbocycles. The van der Waals surface area contributed by atoms with Crippen molar-refractivity contribution in [1.29, 1.82) is 0 Å². The van der Waals surface area contributed by atoms with Crippen LogP contribution in [0.15, 0.2) is 18.2 Å². The summed E-state index contributed by atoms with van der Waals surface area (Å²) < 4.78 is 5.47. The molecule has 0 saturated heterocycles. The molecule has 5 nitrogen and oxygen atoms in total. The van der Waals surface area contributed by atoms with Gasteiger partial charge in [-0.2, -0.15) is 11.8 Å². The van der Waals surface area contributed by atoms with Gasteiger partial charge in [-0.3, -0.25) is 0 Å². The molecule has 6 heteroatoms. The quantitative estimate of drug-likeness (QED) is 0.549. The number of hydrogen-bond donors (Lipinski definition) is 2. The van der Waals surface area contributed by atoms with Gasteiger partial charge >= 0.3 is 0 Å². The minimum absolute atomic E-state index is 0.138. The van der Waals surface area contributed by atoms with E-state index >= 15 is 0 Å². The summed E-state index contributed by atoms with van der Waals surface area (Å²) in [6.07, 6.45) is 3.37. The van der Waals surface area contributed by atoms with E-state index in [1.165, 1.54) is 6.07 Å². The predicted molar refractivity (Wildman–Crippen MR) is 72.8 cm³/mol. The molecule has 18 heavy (non-hydrogen) atoms. The lowest BCUT2D eigenvalue weighted by Crippen LogP contribution is -2.96. The summed E-state index contributed by atoms with van der Waals surface area (Å²) >= 11 is 1.61. The maximum absolute atomic E-state index is 10.9. The van der Waals surface area contributed by atoms with Crippen molar-refractivity contribution in [2.24, 2.45) is 0 Å². The molecule has 0 heterocycles. The van der Waals surface area contributed by atoms with E-state index in [4.69, 9.17) is 9.84 Å². The van der Waals surface area contributed by atoms with Crippen LogP contribution in [0.3, 0.4) is 0 Å². The molecule has 0 radical (unpaired) electrons. The van der Waals surface area contributed by atoms with Crippen molar-refractivity contribution < 1.29 is 15.1 Å². The van der Waals surface area contributed by atoms with Gasteiger partial charge in [0.1, 0.15) is 11.4 Å². The molecule has 1 rings (SSSR count). The van der Waals surface area contributed by atoms with E-state index in [-0.39, 0.29) is 12.3 Å². The van der Waals surface area contributed by atoms with Crippen LogP contribution in [0.5, 0.6) is 5.75 Å². The molecule has 0 aliphatic heterocycles. The van der Waals surface area contributed by atoms with Crippen LogP contribution in [0, 0.1) is 10.4 Å². The normalized spacial score (nSPS) is 10.9. The van der Waals surface area contributed by atoms with Crippen LogP contribution in [-0.2, 0) is 5.75 Å². The van der Waals surface area contributed by atoms with Crippen molar-refractivity contribution in [3.05, 3.63) is 34.2 Å². The first kappa shape index (κ1) is 15.3. The Balaban J connectivity index is 2.69. The lowest BCUT2D eigenvalue weighted by Gasteiger charge is -2.25. The van der Waals surface area contributed by atoms with Gasteiger partial charge in [0.05, 0.1) is 6.61 Å². The summed E-state index contributed by atoms with van der Waals surface area (Å²) in [6.45, 7) is 0.607. The molecule has 102 valence electrons. The van der Waals surface area contributed by atoms with E-state index in [1.807, 2.05) is 12.3 Å². The van der Waals surface area contributed by atoms with Crippen molar-refractivity contribution in [2.45, 2.75) is 18.6 Å². The Morgan fingerprint density at radius 1 is 1.28 bits per heavy atom. The molecule has 0 amide bonds. The topological polar surface area (TPSA) is 80.0 Å². The summed E-state index contributed by atoms with van der Waals surface area (Å²) in [5.74, 6) is 1.27. The molecule has 0 aromatic heterocycles. The summed E-state index contributed by atoms with van der Waals surface area (Å²) in [5.41, 5.74) is 1.04. The number of aliphatic hydroxyl groups excluding tert-OH is 1. The Kier molecular flexibility index (Phi) is 7.07. The Morgan fingerprint density at radius 2 is 2.06 bits per heavy atom. The number of nitrogens with one attached hydrogen (secondary N) is 1. The average molecular weight is 272 g/mol. The molecule has 2 N–H and O–H groups in total. The first-order valence-electron chi connectivity index (χ1n) is 5.75. The highest BCUT2D eigenvalue weighted by molar-refractivity contribution is 7.97. The molecule has 0 aliphatic carbocycles. The molecular formula is C12H18NO4S-. The molecule has 0 fully saturated rings. The third kappa shape index (κ3) is 5.24. The summed E-state index contributed by atoms with van der Waals surface area (Å²) in [7, 11) is 0. The van der Waals surface area contributed by atoms with Crippen molar-refractivity contribution >= 4 is 17.4 Å². The Morgan fingerprint density at radius 3 is 2.67 bits per heavy atom. The van der Waals surface area contributed by atoms with Gasteiger partial charge in [-0.1, -0.05) is 0 Å². The number of aliphatic hydroxyl groups is 1. The third-order valence-corrected chi connectivity index (χ3v) is 2.96. The largest absolute Gasteiger partial charge is 0.628 e. The van der Waals surface area contributed by atoms with E-state index < -0.39 is 5.23 Å². The molecule has 0 aliphatic rings. The number of quaternary nitrogens is 1. The lowest BCUT2D eigenvalue weighted by atomic mass is 10.2. The van der Waals surface area contributed by atoms with Gasteiger partial charge in [0.15, 0.2) is 0 Å². The monoisotopic (exact) mass is 272 g/mol. The second-order valence-corrected chi connectivity index (χ2v) is 4.73. The molecule has 0 unspecified atom stereocenters. The second kappa shape index (κ2) is 8.34. The Labute approximate surface area is 111 Å². The van der Waals surface area contributed by atoms with Crippen molar-refractivity contribution in [2.75, 3.05) is 19.5 Å². The van der Waals surface area contributed by atoms with E-state index in [1.54, 1.807) is 17.8 Å². The average Bonchev–Trinajstić information content (AvgIpc) is 2.35. The van der Waals surface area contributed by atoms with E-state index in [9.17, 15) is 10.4 Å². The van der Waals surface area contributed by atoms with Crippen molar-refractivity contribution in [1.82, 2.24) is 0 Å². The van der Waals surface area contributed by atoms with Crippen LogP contribution in [0.2, 0.25) is 0 Å². The van der Waals surface area contributed by atoms with Crippen molar-refractivity contribution in [3.8, 4) is 5.75 Å². The van der Waals surface area contributed by atoms with Crippen molar-refractivity contribution in [3.63, 3.8) is 0 Å². The number of rotatable bonds is 8. The summed E-state index contributed by atoms with van der Waals surface area (Å²) in [5, 5.41) is 29.2. The molecule has 0 bridgehead atoms. The fraction of sp³-hybridized carbons (Fsp3) is 0.500. The second-order valence-electron chi connectivity index (χ2n) is 3.87. The molecule has 0 saturated carbocycles. The van der Waals surface area contributed by atoms with Gasteiger partial charge in [0.25, 0.3) is 0 Å². The van der Waals surface area contributed by atoms with Crippen LogP contribution < -0.4 is 9.96 Å². The van der Waals surface area contributed by atoms with Gasteiger partial charge in [-0.15, -0.1) is 0 Å². The van der Waals surface area contributed by atoms with Gasteiger partial charge in [0, 0.05) is 24.5 Å². The molecule has 0 atom stereocenters. The lowest BCUT2D eigenvalue weighted by molar-refractivity contribution is -0.715. The summed E-state index contributed by atoms with van der Waals surface area (Å²) in [4.78, 5) is 0. The first-order chi connectivity index (χ1) is 8.67. The number of hydrogen-bond acceptors (Lipinski definition) is 5. The highest BCUT2D eigenvalue weighted by Gasteiger charge is 2.04. The molecule has 1 aromatic rings. The van der Waals surface area contributed by atoms with Gasteiger partial charge in [0.2, 0.25) is 0 Å². The van der Waals surface area contributed by atoms with E-state index in [0.29, 0.717) is 18.8 Å². The Bertz CT molecular complexity index is 360. The highest BCUT2D eigenvalue weighted by Crippen LogP contribution is 2.21. The zero-order valence-electron chi connectivity index (χ0n) is 10.3. The SMILES string of the molecule is CSCc1cc(OCCCCO)cc([NH+]([O-])[O-])c1. The number of thioether (sulfide) groups is 1. The Hall–Kier alpha value is -0.790. The maximum atomic E-state index is 10.9. The van der Waals surface area contributed by atoms with E-state index in [0.717, 1.165) is 17.7 Å². The molecular weight excluding hydrogens is 254 g/mol.